The smallest absolute Gasteiger partial charge is 0.373 e. The van der Waals surface area contributed by atoms with Gasteiger partial charge < -0.3 is 77.3 Å². The summed E-state index contributed by atoms with van der Waals surface area (Å²) in [5.41, 5.74) is 8.64. The van der Waals surface area contributed by atoms with Gasteiger partial charge in [-0.2, -0.15) is 28.8 Å². The summed E-state index contributed by atoms with van der Waals surface area (Å²) in [6, 6.07) is 0. The molecule has 4 N–H and O–H groups in total. The summed E-state index contributed by atoms with van der Waals surface area (Å²) in [6.07, 6.45) is -12.4. The summed E-state index contributed by atoms with van der Waals surface area (Å²) in [7, 11) is 0. The molecule has 25 nitrogen and oxygen atoms in total. The quantitative estimate of drug-likeness (QED) is 0.0836. The Balaban J connectivity index is 0.00000141. The largest absolute Gasteiger partial charge is 0.390 e. The fraction of sp³-hybridized carbons (Fsp3) is 0.936. The molecule has 0 spiro atoms. The van der Waals surface area contributed by atoms with Crippen molar-refractivity contribution in [2.45, 2.75) is 194 Å². The van der Waals surface area contributed by atoms with E-state index < -0.39 is 86.6 Å². The molecule has 72 heavy (non-hydrogen) atoms. The van der Waals surface area contributed by atoms with Crippen LogP contribution in [0.5, 0.6) is 0 Å². The van der Waals surface area contributed by atoms with Crippen molar-refractivity contribution in [2.75, 3.05) is 33.0 Å². The Bertz CT molecular complexity index is 1740. The maximum Gasteiger partial charge on any atom is 0.373 e. The molecular formula is C47H77N3O22. The predicted molar refractivity (Wildman–Crippen MR) is 238 cm³/mol. The van der Waals surface area contributed by atoms with Gasteiger partial charge in [-0.3, -0.25) is 0 Å². The molecule has 0 aromatic carbocycles. The number of azide groups is 1. The second-order valence-electron chi connectivity index (χ2n) is 19.9. The van der Waals surface area contributed by atoms with Gasteiger partial charge in [0.05, 0.1) is 81.4 Å². The Hall–Kier alpha value is -3.19. The Morgan fingerprint density at radius 1 is 0.444 bits per heavy atom. The highest BCUT2D eigenvalue weighted by Gasteiger charge is 2.52. The third kappa shape index (κ3) is 16.2. The lowest BCUT2D eigenvalue weighted by Gasteiger charge is -2.50. The molecule has 0 aromatic rings. The van der Waals surface area contributed by atoms with Crippen LogP contribution >= 0.6 is 0 Å². The van der Waals surface area contributed by atoms with Crippen LogP contribution in [0, 0.1) is 53.3 Å². The molecule has 6 heterocycles. The molecule has 25 heteroatoms. The number of carbonyl (C=O) groups excluding carboxylic acids is 6. The van der Waals surface area contributed by atoms with E-state index in [9.17, 15) is 20.4 Å². The average molecular weight is 1040 g/mol. The molecular weight excluding hydrogens is 959 g/mol. The maximum absolute atomic E-state index is 11.9. The molecule has 6 saturated heterocycles. The van der Waals surface area contributed by atoms with Crippen LogP contribution in [0.1, 0.15) is 83.1 Å². The average Bonchev–Trinajstić information content (AvgIpc) is 3.33. The van der Waals surface area contributed by atoms with Crippen molar-refractivity contribution in [3.05, 3.63) is 10.4 Å². The summed E-state index contributed by atoms with van der Waals surface area (Å²) in [5.74, 6) is -1.81. The van der Waals surface area contributed by atoms with Crippen LogP contribution in [0.25, 0.3) is 10.4 Å². The molecule has 27 atom stereocenters. The zero-order valence-corrected chi connectivity index (χ0v) is 43.1. The topological polar surface area (TPSA) is 343 Å². The van der Waals surface area contributed by atoms with E-state index in [1.807, 2.05) is 83.1 Å². The van der Waals surface area contributed by atoms with Crippen LogP contribution in [-0.2, 0) is 85.6 Å². The monoisotopic (exact) mass is 1040 g/mol. The van der Waals surface area contributed by atoms with E-state index in [2.05, 4.69) is 10.0 Å². The van der Waals surface area contributed by atoms with Gasteiger partial charge in [0, 0.05) is 64.7 Å². The summed E-state index contributed by atoms with van der Waals surface area (Å²) in [4.78, 5) is 51.5. The molecule has 9 unspecified atom stereocenters. The van der Waals surface area contributed by atoms with Crippen LogP contribution in [0.3, 0.4) is 0 Å². The molecule has 0 radical (unpaired) electrons. The maximum atomic E-state index is 11.9. The molecule has 6 fully saturated rings. The second kappa shape index (κ2) is 30.4. The van der Waals surface area contributed by atoms with Gasteiger partial charge in [-0.15, -0.1) is 0 Å². The zero-order valence-electron chi connectivity index (χ0n) is 43.1. The van der Waals surface area contributed by atoms with Crippen LogP contribution < -0.4 is 0 Å². The van der Waals surface area contributed by atoms with Crippen molar-refractivity contribution < 1.29 is 106 Å². The van der Waals surface area contributed by atoms with Crippen molar-refractivity contribution in [2.24, 2.45) is 58.4 Å². The first-order valence-electron chi connectivity index (χ1n) is 24.5. The molecule has 412 valence electrons. The molecule has 0 aliphatic carbocycles. The minimum absolute atomic E-state index is 0.0492. The van der Waals surface area contributed by atoms with Crippen molar-refractivity contribution >= 4 is 18.5 Å². The predicted octanol–water partition coefficient (Wildman–Crippen LogP) is 1.96. The Kier molecular flexibility index (Phi) is 26.6. The molecule has 6 rings (SSSR count). The summed E-state index contributed by atoms with van der Waals surface area (Å²) >= 11 is 0. The first kappa shape index (κ1) is 63.1. The summed E-state index contributed by atoms with van der Waals surface area (Å²) < 4.78 is 75.9. The van der Waals surface area contributed by atoms with Crippen LogP contribution in [0.2, 0.25) is 0 Å². The summed E-state index contributed by atoms with van der Waals surface area (Å²) in [6.45, 7) is 24.7. The number of rotatable bonds is 14. The number of aliphatic hydroxyl groups excluding tert-OH is 4. The second-order valence-corrected chi connectivity index (χ2v) is 19.9. The first-order chi connectivity index (χ1) is 34.1. The van der Waals surface area contributed by atoms with Crippen LogP contribution in [-0.4, -0.2) is 183 Å². The fourth-order valence-electron chi connectivity index (χ4n) is 9.95. The standard InChI is InChI=1S/C44H77N3O16.3CO2/c1-18-15-53-42(31(49)30(18)48)61-37-22(5)28(11)57-40(25(37)8)59-35-20(3)17-55-44(33(35)51)63-38-23(6)29(12)58-41(26(38)9)60-34-19(2)16-54-43(32(34)50)62-36-21(4)27(10)56-39(24(36)7)52-14-13-46-47-45;3*2-1-3/h18-44,48-51H,13-17H2,1-12H3;;;/t18-,19-,20-,21-,22-,23-,24+,25+,26+,27?,28?,29?,30?,31+,32+,33+,34?,35?,36?,37?,38?,39-,40+,41+,42-,43-,44-;;;/m1.../s1. The minimum Gasteiger partial charge on any atom is -0.390 e. The van der Waals surface area contributed by atoms with Crippen LogP contribution in [0.15, 0.2) is 5.11 Å². The Labute approximate surface area is 419 Å². The van der Waals surface area contributed by atoms with Gasteiger partial charge in [0.25, 0.3) is 0 Å². The first-order valence-corrected chi connectivity index (χ1v) is 24.5. The van der Waals surface area contributed by atoms with Gasteiger partial charge in [-0.25, -0.2) is 0 Å². The number of hydrogen-bond acceptors (Lipinski definition) is 23. The summed E-state index contributed by atoms with van der Waals surface area (Å²) in [5, 5.41) is 48.6. The van der Waals surface area contributed by atoms with Crippen molar-refractivity contribution in [1.29, 1.82) is 0 Å². The molecule has 6 aliphatic rings. The highest BCUT2D eigenvalue weighted by Crippen LogP contribution is 2.41. The highest BCUT2D eigenvalue weighted by atomic mass is 16.7. The van der Waals surface area contributed by atoms with Crippen molar-refractivity contribution in [1.82, 2.24) is 0 Å². The van der Waals surface area contributed by atoms with Gasteiger partial charge in [-0.1, -0.05) is 67.4 Å². The van der Waals surface area contributed by atoms with E-state index >= 15 is 0 Å². The molecule has 0 saturated carbocycles. The van der Waals surface area contributed by atoms with E-state index in [0.29, 0.717) is 0 Å². The number of hydrogen-bond donors (Lipinski definition) is 4. The molecule has 0 aromatic heterocycles. The number of aliphatic hydroxyl groups is 4. The van der Waals surface area contributed by atoms with E-state index in [4.69, 9.17) is 91.1 Å². The van der Waals surface area contributed by atoms with Crippen molar-refractivity contribution in [3.8, 4) is 0 Å². The van der Waals surface area contributed by atoms with Gasteiger partial charge in [0.15, 0.2) is 37.7 Å². The zero-order chi connectivity index (χ0) is 54.1. The SMILES string of the molecule is CC1O[C@@H](OCCN=[N+]=[N-])[C@@H](C)C(O[C@H]2OC[C@@H](C)C(O[C@@H]3OC(C)[C@@H](C)C(O[C@H]4OC[C@@H](C)C(O[C@@H]5OC(C)[C@@H](C)C(O[C@H]6OC[C@@H](C)C(O)[C@@H]6O)[C@@H]5C)[C@@H]4O)[C@@H]3C)[C@@H]2O)[C@@H]1C.O=C=O.O=C=O.O=C=O. The van der Waals surface area contributed by atoms with Gasteiger partial charge in [-0.05, 0) is 26.3 Å². The third-order valence-corrected chi connectivity index (χ3v) is 14.8. The normalized spacial score (nSPS) is 46.0. The molecule has 0 amide bonds. The third-order valence-electron chi connectivity index (χ3n) is 14.8. The molecule has 0 bridgehead atoms. The lowest BCUT2D eigenvalue weighted by Crippen LogP contribution is -2.60. The fourth-order valence-corrected chi connectivity index (χ4v) is 9.95. The Morgan fingerprint density at radius 2 is 0.750 bits per heavy atom. The lowest BCUT2D eigenvalue weighted by atomic mass is 9.85. The Morgan fingerprint density at radius 3 is 1.11 bits per heavy atom. The van der Waals surface area contributed by atoms with Gasteiger partial charge >= 0.3 is 18.5 Å². The van der Waals surface area contributed by atoms with E-state index in [0.717, 1.165) is 0 Å². The van der Waals surface area contributed by atoms with Gasteiger partial charge in [0.2, 0.25) is 0 Å². The van der Waals surface area contributed by atoms with E-state index in [-0.39, 0.29) is 129 Å². The highest BCUT2D eigenvalue weighted by molar-refractivity contribution is 5.20. The van der Waals surface area contributed by atoms with Gasteiger partial charge in [0.1, 0.15) is 18.3 Å². The van der Waals surface area contributed by atoms with E-state index in [1.165, 1.54) is 0 Å². The van der Waals surface area contributed by atoms with Crippen molar-refractivity contribution in [3.63, 3.8) is 0 Å². The number of nitrogens with zero attached hydrogens (tertiary/aromatic N) is 3. The van der Waals surface area contributed by atoms with Crippen LogP contribution in [0.4, 0.5) is 0 Å². The lowest BCUT2D eigenvalue weighted by molar-refractivity contribution is -0.364. The molecule has 6 aliphatic heterocycles. The van der Waals surface area contributed by atoms with E-state index in [1.54, 1.807) is 0 Å². The minimum atomic E-state index is -1.20. The number of ether oxygens (including phenoxy) is 12.